The molecule has 2 amide bonds. The van der Waals surface area contributed by atoms with Crippen molar-refractivity contribution in [2.75, 3.05) is 46.1 Å². The Morgan fingerprint density at radius 1 is 0.291 bits per heavy atom. The molecule has 0 aliphatic carbocycles. The van der Waals surface area contributed by atoms with Crippen LogP contribution < -0.4 is 10.6 Å². The average Bonchev–Trinajstić information content (AvgIpc) is 0.786. The van der Waals surface area contributed by atoms with Gasteiger partial charge in [-0.2, -0.15) is 0 Å². The van der Waals surface area contributed by atoms with Crippen molar-refractivity contribution >= 4 is 33.6 Å². The molecule has 0 radical (unpaired) electrons. The molecule has 4 aromatic rings. The van der Waals surface area contributed by atoms with Crippen molar-refractivity contribution in [2.24, 2.45) is 0 Å². The number of benzene rings is 2. The van der Waals surface area contributed by atoms with E-state index >= 15 is 0 Å². The number of aromatic hydroxyl groups is 2. The van der Waals surface area contributed by atoms with Crippen LogP contribution >= 0.6 is 0 Å². The summed E-state index contributed by atoms with van der Waals surface area (Å²) < 4.78 is 82.7. The molecule has 572 valence electrons. The summed E-state index contributed by atoms with van der Waals surface area (Å²) in [4.78, 5) is 36.4. The summed E-state index contributed by atoms with van der Waals surface area (Å²) in [7, 11) is 0. The molecule has 0 unspecified atom stereocenters. The Labute approximate surface area is 580 Å². The van der Waals surface area contributed by atoms with Crippen LogP contribution in [0.4, 0.5) is 0 Å². The predicted molar refractivity (Wildman–Crippen MR) is 326 cm³/mol. The van der Waals surface area contributed by atoms with E-state index in [1.165, 1.54) is 48.5 Å². The molecule has 2 aromatic carbocycles. The molecule has 21 fully saturated rings. The molecule has 41 nitrogen and oxygen atoms in total. The molecule has 21 aliphatic rings. The normalized spacial score (nSPS) is 44.2. The Kier molecular flexibility index (Phi) is 24.3. The highest BCUT2D eigenvalue weighted by Gasteiger charge is 2.60. The number of hydrogen-bond donors (Lipinski definition) is 23. The van der Waals surface area contributed by atoms with E-state index in [4.69, 9.17) is 66.3 Å². The van der Waals surface area contributed by atoms with E-state index in [1.54, 1.807) is 12.1 Å². The van der Waals surface area contributed by atoms with Gasteiger partial charge in [0.15, 0.2) is 44.0 Å². The Morgan fingerprint density at radius 2 is 0.505 bits per heavy atom. The van der Waals surface area contributed by atoms with Crippen LogP contribution in [-0.4, -0.2) is 390 Å². The lowest BCUT2D eigenvalue weighted by atomic mass is 9.94. The molecule has 0 saturated carbocycles. The van der Waals surface area contributed by atoms with Crippen molar-refractivity contribution in [3.05, 3.63) is 72.1 Å². The first-order valence-corrected chi connectivity index (χ1v) is 32.8. The molecular formula is C62H82N4O37. The lowest BCUT2D eigenvalue weighted by molar-refractivity contribution is -0.396. The highest BCUT2D eigenvalue weighted by molar-refractivity contribution is 5.96. The molecule has 23 N–H and O–H groups in total. The van der Waals surface area contributed by atoms with Crippen LogP contribution in [0.2, 0.25) is 0 Å². The molecule has 14 bridgehead atoms. The monoisotopic (exact) mass is 1470 g/mol. The summed E-state index contributed by atoms with van der Waals surface area (Å²) >= 11 is 0. The second kappa shape index (κ2) is 32.5. The molecule has 103 heavy (non-hydrogen) atoms. The van der Waals surface area contributed by atoms with Crippen LogP contribution in [-0.2, 0) is 66.3 Å². The number of phenolic OH excluding ortho intramolecular Hbond substituents is 2. The second-order valence-electron chi connectivity index (χ2n) is 25.8. The van der Waals surface area contributed by atoms with Gasteiger partial charge in [0.2, 0.25) is 0 Å². The van der Waals surface area contributed by atoms with Gasteiger partial charge >= 0.3 is 0 Å². The van der Waals surface area contributed by atoms with E-state index in [-0.39, 0.29) is 33.9 Å². The molecule has 2 aromatic heterocycles. The lowest BCUT2D eigenvalue weighted by Crippen LogP contribution is -2.69. The van der Waals surface area contributed by atoms with E-state index in [0.29, 0.717) is 10.8 Å². The number of carbonyl (C=O) groups excluding carboxylic acids is 2. The van der Waals surface area contributed by atoms with Crippen molar-refractivity contribution in [2.45, 2.75) is 215 Å². The lowest BCUT2D eigenvalue weighted by Gasteiger charge is -2.50. The number of nitrogens with zero attached hydrogens (tertiary/aromatic N) is 2. The summed E-state index contributed by atoms with van der Waals surface area (Å²) in [6, 6.07) is 14.4. The molecule has 41 heteroatoms. The van der Waals surface area contributed by atoms with Gasteiger partial charge in [-0.05, 0) is 24.3 Å². The van der Waals surface area contributed by atoms with Gasteiger partial charge in [-0.3, -0.25) is 9.59 Å². The molecular weight excluding hydrogens is 1390 g/mol. The van der Waals surface area contributed by atoms with Crippen molar-refractivity contribution in [1.82, 2.24) is 20.6 Å². The topological polar surface area (TPSA) is 638 Å². The van der Waals surface area contributed by atoms with Crippen molar-refractivity contribution in [3.8, 4) is 11.5 Å². The molecule has 0 spiro atoms. The van der Waals surface area contributed by atoms with E-state index in [9.17, 15) is 117 Å². The number of aliphatic hydroxyl groups is 19. The molecule has 23 heterocycles. The largest absolute Gasteiger partial charge is 0.506 e. The van der Waals surface area contributed by atoms with Crippen LogP contribution in [0.25, 0.3) is 21.8 Å². The van der Waals surface area contributed by atoms with E-state index in [1.807, 2.05) is 0 Å². The number of hydrogen-bond acceptors (Lipinski definition) is 39. The number of nitrogens with one attached hydrogen (secondary N) is 2. The second-order valence-corrected chi connectivity index (χ2v) is 25.8. The van der Waals surface area contributed by atoms with E-state index in [0.717, 1.165) is 0 Å². The average molecular weight is 1480 g/mol. The summed E-state index contributed by atoms with van der Waals surface area (Å²) in [5.41, 5.74) is -0.584. The zero-order valence-corrected chi connectivity index (χ0v) is 53.7. The Morgan fingerprint density at radius 3 is 0.728 bits per heavy atom. The molecule has 21 aliphatic heterocycles. The zero-order chi connectivity index (χ0) is 73.7. The summed E-state index contributed by atoms with van der Waals surface area (Å²) in [5.74, 6) is -2.53. The number of carbonyl (C=O) groups is 2. The number of para-hydroxylation sites is 2. The highest BCUT2D eigenvalue weighted by atomic mass is 16.8. The van der Waals surface area contributed by atoms with E-state index < -0.39 is 273 Å². The van der Waals surface area contributed by atoms with Gasteiger partial charge in [0, 0.05) is 23.9 Å². The standard InChI is InChI=1S/C62H82N4O37/c67-13-26-49-36(77)43(84)59(93-26)101-51-28(15-69)95-61(45(86)38(51)79)103-53-30(17-71)96-62(46(87)39(53)80)102-52-29(16-70)94-60(44(85)37(52)78)100-50-27(14-68)92-58(42(83)35(50)76)98-48-25(12-64-55(89)21-10-8-19-4-2-6-23(73)32(19)66-21)90-56(40(81)33(48)74)97-47-24(91-57(99-49)41(82)34(47)75)11-63-54(88)20-9-7-18-3-1-5-22(72)31(18)65-20/h1-10,24-30,33-53,56-62,67-87H,11-17H2,(H,63,88)(H,64,89)/t24-,25-,26-,27-,28-,29-,30-,33-,34-,35-,36-,37-,38-,39-,40-,41-,42-,43-,44-,45-,46-,47-,48-,49-,50-,51-,52-,53-,56-,57-,58-,59-,60-,61-,62-/m1/s1. The fourth-order valence-electron chi connectivity index (χ4n) is 13.5. The quantitative estimate of drug-likeness (QED) is 0.0663. The smallest absolute Gasteiger partial charge is 0.269 e. The maximum absolute atomic E-state index is 14.0. The fourth-order valence-corrected chi connectivity index (χ4v) is 13.5. The van der Waals surface area contributed by atoms with Gasteiger partial charge < -0.3 is 184 Å². The van der Waals surface area contributed by atoms with Gasteiger partial charge in [-0.15, -0.1) is 0 Å². The Hall–Kier alpha value is -5.52. The third-order valence-corrected chi connectivity index (χ3v) is 19.2. The first-order valence-electron chi connectivity index (χ1n) is 32.8. The molecule has 25 rings (SSSR count). The van der Waals surface area contributed by atoms with Crippen molar-refractivity contribution in [1.29, 1.82) is 0 Å². The third kappa shape index (κ3) is 15.4. The number of ether oxygens (including phenoxy) is 14. The Balaban J connectivity index is 0.875. The third-order valence-electron chi connectivity index (χ3n) is 19.2. The molecule has 35 atom stereocenters. The number of aliphatic hydroxyl groups excluding tert-OH is 19. The maximum atomic E-state index is 14.0. The van der Waals surface area contributed by atoms with Crippen LogP contribution in [0.1, 0.15) is 21.0 Å². The fraction of sp³-hybridized carbons (Fsp3) is 0.677. The SMILES string of the molecule is O=C(NC[C@H]1O[C@@H]2O[C@H]3[C@H](O)[C@@H](O)[C@@H](O[C@H]4[C@H](O)[C@@H](O)[C@@H](O[C@H]5[C@H](O)[C@@H](O)[C@@H](O[C@H]6[C@H](O)[C@@H](O)[C@@H](O[C@H]7[C@H](O)[C@@H](O)[C@@H](O[C@H]8[C@H](O)[C@@H](O)[C@@H](O[C@H]1[C@H](O)[C@H]2O)O[C@@H]8CO)O[C@@H]7CO)O[C@@H]6CO)O[C@@H]5CO)O[C@@H]4CO)O[C@@H]3CNC(=O)c1ccc2cccc(O)c2n1)c1ccc2cccc(O)c2n1. The van der Waals surface area contributed by atoms with Gasteiger partial charge in [0.25, 0.3) is 11.8 Å². The minimum absolute atomic E-state index is 0.00467. The number of phenols is 2. The highest BCUT2D eigenvalue weighted by Crippen LogP contribution is 2.40. The summed E-state index contributed by atoms with van der Waals surface area (Å²) in [6.07, 6.45) is -73.9. The zero-order valence-electron chi connectivity index (χ0n) is 53.7. The minimum atomic E-state index is -2.38. The predicted octanol–water partition coefficient (Wildman–Crippen LogP) is -11.8. The molecule has 21 saturated heterocycles. The Bertz CT molecular complexity index is 3410. The number of rotatable bonds is 11. The first kappa shape index (κ1) is 77.1. The maximum Gasteiger partial charge on any atom is 0.269 e. The van der Waals surface area contributed by atoms with Crippen LogP contribution in [0, 0.1) is 0 Å². The summed E-state index contributed by atoms with van der Waals surface area (Å²) in [5, 5.41) is 244. The van der Waals surface area contributed by atoms with Gasteiger partial charge in [-0.1, -0.05) is 36.4 Å². The van der Waals surface area contributed by atoms with Gasteiger partial charge in [0.1, 0.15) is 205 Å². The summed E-state index contributed by atoms with van der Waals surface area (Å²) in [6.45, 7) is -7.12. The van der Waals surface area contributed by atoms with E-state index in [2.05, 4.69) is 20.6 Å². The van der Waals surface area contributed by atoms with Crippen LogP contribution in [0.5, 0.6) is 11.5 Å². The van der Waals surface area contributed by atoms with Gasteiger partial charge in [0.05, 0.1) is 33.0 Å². The van der Waals surface area contributed by atoms with Crippen LogP contribution in [0.3, 0.4) is 0 Å². The van der Waals surface area contributed by atoms with Crippen molar-refractivity contribution < 1.29 is 183 Å². The van der Waals surface area contributed by atoms with Crippen molar-refractivity contribution in [3.63, 3.8) is 0 Å². The number of aromatic nitrogens is 2. The minimum Gasteiger partial charge on any atom is -0.506 e. The number of amides is 2. The van der Waals surface area contributed by atoms with Gasteiger partial charge in [-0.25, -0.2) is 9.97 Å². The number of pyridine rings is 2. The number of fused-ring (bicyclic) bond motifs is 2. The van der Waals surface area contributed by atoms with Crippen LogP contribution in [0.15, 0.2) is 60.7 Å². The first-order chi connectivity index (χ1) is 49.3.